The molecule has 16 heavy (non-hydrogen) atoms. The molecular weight excluding hydrogens is 204 g/mol. The minimum atomic E-state index is 0.435. The van der Waals surface area contributed by atoms with Crippen LogP contribution in [0.15, 0.2) is 46.0 Å². The number of nitrogens with zero attached hydrogens (tertiary/aromatic N) is 2. The first-order chi connectivity index (χ1) is 7.85. The van der Waals surface area contributed by atoms with Crippen LogP contribution < -0.4 is 0 Å². The molecule has 0 amide bonds. The third-order valence-corrected chi connectivity index (χ3v) is 2.12. The summed E-state index contributed by atoms with van der Waals surface area (Å²) in [4.78, 5) is 0. The van der Waals surface area contributed by atoms with E-state index in [0.29, 0.717) is 17.1 Å². The lowest BCUT2D eigenvalue weighted by Crippen LogP contribution is -1.81. The van der Waals surface area contributed by atoms with Crippen LogP contribution in [0.5, 0.6) is 0 Å². The molecule has 0 aliphatic rings. The number of oxime groups is 1. The van der Waals surface area contributed by atoms with Gasteiger partial charge in [0.05, 0.1) is 11.6 Å². The maximum atomic E-state index is 8.93. The van der Waals surface area contributed by atoms with Gasteiger partial charge in [-0.05, 0) is 24.3 Å². The maximum absolute atomic E-state index is 8.93. The summed E-state index contributed by atoms with van der Waals surface area (Å²) in [5.41, 5.74) is 1.27. The van der Waals surface area contributed by atoms with Crippen molar-refractivity contribution in [2.45, 2.75) is 0 Å². The molecule has 0 radical (unpaired) electrons. The topological polar surface area (TPSA) is 69.5 Å². The third-order valence-electron chi connectivity index (χ3n) is 2.12. The van der Waals surface area contributed by atoms with E-state index in [1.54, 1.807) is 30.3 Å². The Morgan fingerprint density at radius 2 is 2.06 bits per heavy atom. The molecule has 1 aromatic carbocycles. The van der Waals surface area contributed by atoms with Crippen molar-refractivity contribution >= 4 is 6.21 Å². The van der Waals surface area contributed by atoms with Crippen molar-refractivity contribution in [3.05, 3.63) is 47.7 Å². The van der Waals surface area contributed by atoms with Crippen LogP contribution in [0.4, 0.5) is 0 Å². The molecule has 78 valence electrons. The SMILES string of the molecule is N#Cc1ccccc1-c1ccc(/C=N/O)o1. The zero-order chi connectivity index (χ0) is 11.4. The van der Waals surface area contributed by atoms with Gasteiger partial charge in [-0.3, -0.25) is 0 Å². The van der Waals surface area contributed by atoms with Crippen molar-refractivity contribution < 1.29 is 9.62 Å². The molecule has 0 bridgehead atoms. The molecule has 2 rings (SSSR count). The largest absolute Gasteiger partial charge is 0.455 e. The minimum Gasteiger partial charge on any atom is -0.455 e. The number of hydrogen-bond donors (Lipinski definition) is 1. The highest BCUT2D eigenvalue weighted by Crippen LogP contribution is 2.24. The molecule has 1 heterocycles. The van der Waals surface area contributed by atoms with Crippen molar-refractivity contribution in [2.75, 3.05) is 0 Å². The Bertz CT molecular complexity index is 564. The van der Waals surface area contributed by atoms with Crippen molar-refractivity contribution in [3.63, 3.8) is 0 Å². The number of hydrogen-bond acceptors (Lipinski definition) is 4. The molecule has 0 unspecified atom stereocenters. The van der Waals surface area contributed by atoms with Gasteiger partial charge in [-0.1, -0.05) is 17.3 Å². The van der Waals surface area contributed by atoms with Gasteiger partial charge in [-0.2, -0.15) is 5.26 Å². The van der Waals surface area contributed by atoms with Gasteiger partial charge in [0.15, 0.2) is 0 Å². The molecule has 0 aliphatic carbocycles. The van der Waals surface area contributed by atoms with Gasteiger partial charge >= 0.3 is 0 Å². The third kappa shape index (κ3) is 1.79. The Balaban J connectivity index is 2.47. The molecule has 0 saturated heterocycles. The first kappa shape index (κ1) is 9.99. The number of benzene rings is 1. The smallest absolute Gasteiger partial charge is 0.149 e. The lowest BCUT2D eigenvalue weighted by atomic mass is 10.1. The molecule has 0 aliphatic heterocycles. The molecule has 0 fully saturated rings. The summed E-state index contributed by atoms with van der Waals surface area (Å²) in [6.07, 6.45) is 1.19. The second kappa shape index (κ2) is 4.32. The van der Waals surface area contributed by atoms with Crippen LogP contribution >= 0.6 is 0 Å². The van der Waals surface area contributed by atoms with Crippen LogP contribution in [-0.4, -0.2) is 11.4 Å². The minimum absolute atomic E-state index is 0.435. The summed E-state index contributed by atoms with van der Waals surface area (Å²) < 4.78 is 5.39. The Morgan fingerprint density at radius 3 is 2.81 bits per heavy atom. The molecule has 1 aromatic heterocycles. The van der Waals surface area contributed by atoms with Crippen LogP contribution in [0, 0.1) is 11.3 Å². The Hall–Kier alpha value is -2.54. The van der Waals surface area contributed by atoms with E-state index >= 15 is 0 Å². The summed E-state index contributed by atoms with van der Waals surface area (Å²) in [5.74, 6) is 1.01. The van der Waals surface area contributed by atoms with E-state index < -0.39 is 0 Å². The molecule has 0 atom stereocenters. The Morgan fingerprint density at radius 1 is 1.25 bits per heavy atom. The summed E-state index contributed by atoms with van der Waals surface area (Å²) in [6, 6.07) is 12.6. The monoisotopic (exact) mass is 212 g/mol. The first-order valence-corrected chi connectivity index (χ1v) is 4.62. The van der Waals surface area contributed by atoms with E-state index in [4.69, 9.17) is 14.9 Å². The molecule has 0 saturated carbocycles. The molecule has 4 nitrogen and oxygen atoms in total. The average molecular weight is 212 g/mol. The maximum Gasteiger partial charge on any atom is 0.149 e. The van der Waals surface area contributed by atoms with Gasteiger partial charge in [0.25, 0.3) is 0 Å². The van der Waals surface area contributed by atoms with Crippen LogP contribution in [0.1, 0.15) is 11.3 Å². The van der Waals surface area contributed by atoms with E-state index in [2.05, 4.69) is 11.2 Å². The van der Waals surface area contributed by atoms with Gasteiger partial charge in [-0.25, -0.2) is 0 Å². The van der Waals surface area contributed by atoms with Crippen LogP contribution in [0.2, 0.25) is 0 Å². The van der Waals surface area contributed by atoms with Gasteiger partial charge in [0.2, 0.25) is 0 Å². The van der Waals surface area contributed by atoms with Crippen molar-refractivity contribution in [2.24, 2.45) is 5.16 Å². The highest BCUT2D eigenvalue weighted by atomic mass is 16.4. The van der Waals surface area contributed by atoms with Gasteiger partial charge in [-0.15, -0.1) is 0 Å². The van der Waals surface area contributed by atoms with Crippen LogP contribution in [0.25, 0.3) is 11.3 Å². The number of furan rings is 1. The standard InChI is InChI=1S/C12H8N2O2/c13-7-9-3-1-2-4-11(9)12-6-5-10(16-12)8-14-15/h1-6,8,15H/b14-8+. The fraction of sp³-hybridized carbons (Fsp3) is 0. The highest BCUT2D eigenvalue weighted by Gasteiger charge is 2.07. The molecule has 2 aromatic rings. The molecule has 4 heteroatoms. The van der Waals surface area contributed by atoms with E-state index in [0.717, 1.165) is 5.56 Å². The average Bonchev–Trinajstić information content (AvgIpc) is 2.78. The fourth-order valence-corrected chi connectivity index (χ4v) is 1.42. The summed E-state index contributed by atoms with van der Waals surface area (Å²) >= 11 is 0. The van der Waals surface area contributed by atoms with Crippen LogP contribution in [-0.2, 0) is 0 Å². The lowest BCUT2D eigenvalue weighted by molar-refractivity contribution is 0.321. The first-order valence-electron chi connectivity index (χ1n) is 4.62. The van der Waals surface area contributed by atoms with Crippen molar-refractivity contribution in [1.82, 2.24) is 0 Å². The summed E-state index contributed by atoms with van der Waals surface area (Å²) in [7, 11) is 0. The van der Waals surface area contributed by atoms with E-state index in [-0.39, 0.29) is 0 Å². The molecular formula is C12H8N2O2. The predicted octanol–water partition coefficient (Wildman–Crippen LogP) is 2.63. The second-order valence-corrected chi connectivity index (χ2v) is 3.10. The Kier molecular flexibility index (Phi) is 2.70. The van der Waals surface area contributed by atoms with Gasteiger partial charge < -0.3 is 9.62 Å². The number of rotatable bonds is 2. The fourth-order valence-electron chi connectivity index (χ4n) is 1.42. The van der Waals surface area contributed by atoms with Gasteiger partial charge in [0, 0.05) is 5.56 Å². The Labute approximate surface area is 92.0 Å². The van der Waals surface area contributed by atoms with E-state index in [1.807, 2.05) is 6.07 Å². The quantitative estimate of drug-likeness (QED) is 0.472. The summed E-state index contributed by atoms with van der Waals surface area (Å²) in [5, 5.41) is 20.2. The zero-order valence-corrected chi connectivity index (χ0v) is 8.29. The summed E-state index contributed by atoms with van der Waals surface area (Å²) in [6.45, 7) is 0. The second-order valence-electron chi connectivity index (χ2n) is 3.10. The highest BCUT2D eigenvalue weighted by molar-refractivity contribution is 5.77. The predicted molar refractivity (Wildman–Crippen MR) is 58.2 cm³/mol. The van der Waals surface area contributed by atoms with Gasteiger partial charge in [0.1, 0.15) is 17.7 Å². The van der Waals surface area contributed by atoms with E-state index in [9.17, 15) is 0 Å². The molecule has 0 spiro atoms. The zero-order valence-electron chi connectivity index (χ0n) is 8.29. The molecule has 1 N–H and O–H groups in total. The van der Waals surface area contributed by atoms with Crippen LogP contribution in [0.3, 0.4) is 0 Å². The van der Waals surface area contributed by atoms with Crippen molar-refractivity contribution in [1.29, 1.82) is 5.26 Å². The normalized spacial score (nSPS) is 10.4. The number of nitriles is 1. The van der Waals surface area contributed by atoms with Crippen molar-refractivity contribution in [3.8, 4) is 17.4 Å². The van der Waals surface area contributed by atoms with E-state index in [1.165, 1.54) is 6.21 Å². The lowest BCUT2D eigenvalue weighted by Gasteiger charge is -1.98.